The molecule has 106 valence electrons. The van der Waals surface area contributed by atoms with Crippen molar-refractivity contribution in [2.75, 3.05) is 0 Å². The van der Waals surface area contributed by atoms with E-state index in [1.54, 1.807) is 0 Å². The topological polar surface area (TPSA) is 150 Å². The van der Waals surface area contributed by atoms with Crippen molar-refractivity contribution in [1.82, 2.24) is 0 Å². The van der Waals surface area contributed by atoms with Gasteiger partial charge in [-0.25, -0.2) is 0 Å². The molecule has 3 N–H and O–H groups in total. The Balaban J connectivity index is 2.39. The molecule has 0 radical (unpaired) electrons. The molecule has 0 saturated heterocycles. The minimum atomic E-state index is -1.18. The molecule has 0 aliphatic heterocycles. The Labute approximate surface area is 112 Å². The lowest BCUT2D eigenvalue weighted by atomic mass is 9.95. The van der Waals surface area contributed by atoms with Crippen molar-refractivity contribution in [2.24, 2.45) is 11.1 Å². The summed E-state index contributed by atoms with van der Waals surface area (Å²) in [7, 11) is 0. The number of rotatable bonds is 5. The van der Waals surface area contributed by atoms with Gasteiger partial charge in [0.15, 0.2) is 0 Å². The van der Waals surface area contributed by atoms with Gasteiger partial charge in [0.1, 0.15) is 0 Å². The standard InChI is InChI=1S/C11H11N3O6/c12-9-5-11(9,10(15)16)4-6-1-7(13(17)18)3-8(2-6)14(19)20/h1-3,9H,4-5,12H2,(H,15,16). The molecule has 1 aromatic carbocycles. The zero-order chi connectivity index (χ0) is 15.1. The summed E-state index contributed by atoms with van der Waals surface area (Å²) in [5, 5.41) is 30.6. The molecular formula is C11H11N3O6. The first kappa shape index (κ1) is 13.9. The lowest BCUT2D eigenvalue weighted by Crippen LogP contribution is -2.26. The quantitative estimate of drug-likeness (QED) is 0.599. The van der Waals surface area contributed by atoms with E-state index in [1.807, 2.05) is 0 Å². The number of carboxylic acids is 1. The Bertz CT molecular complexity index is 584. The van der Waals surface area contributed by atoms with E-state index in [1.165, 1.54) is 0 Å². The number of aliphatic carboxylic acids is 1. The van der Waals surface area contributed by atoms with E-state index in [9.17, 15) is 25.0 Å². The zero-order valence-electron chi connectivity index (χ0n) is 10.2. The zero-order valence-corrected chi connectivity index (χ0v) is 10.2. The van der Waals surface area contributed by atoms with Crippen LogP contribution in [0, 0.1) is 25.6 Å². The number of carbonyl (C=O) groups is 1. The molecule has 2 atom stereocenters. The first-order chi connectivity index (χ1) is 9.26. The Morgan fingerprint density at radius 1 is 1.30 bits per heavy atom. The van der Waals surface area contributed by atoms with Gasteiger partial charge in [0.25, 0.3) is 11.4 Å². The van der Waals surface area contributed by atoms with Gasteiger partial charge in [0.05, 0.1) is 21.3 Å². The largest absolute Gasteiger partial charge is 0.481 e. The highest BCUT2D eigenvalue weighted by Crippen LogP contribution is 2.48. The third-order valence-corrected chi connectivity index (χ3v) is 3.46. The van der Waals surface area contributed by atoms with Crippen LogP contribution in [0.1, 0.15) is 12.0 Å². The van der Waals surface area contributed by atoms with Crippen molar-refractivity contribution in [2.45, 2.75) is 18.9 Å². The Hall–Kier alpha value is -2.55. The van der Waals surface area contributed by atoms with Gasteiger partial charge in [0, 0.05) is 18.2 Å². The fraction of sp³-hybridized carbons (Fsp3) is 0.364. The summed E-state index contributed by atoms with van der Waals surface area (Å²) in [6.07, 6.45) is 0.185. The van der Waals surface area contributed by atoms with E-state index in [2.05, 4.69) is 0 Å². The number of nitrogens with zero attached hydrogens (tertiary/aromatic N) is 2. The van der Waals surface area contributed by atoms with Gasteiger partial charge in [-0.2, -0.15) is 0 Å². The Morgan fingerprint density at radius 2 is 1.75 bits per heavy atom. The fourth-order valence-electron chi connectivity index (χ4n) is 2.19. The molecule has 1 fully saturated rings. The van der Waals surface area contributed by atoms with E-state index < -0.39 is 38.6 Å². The number of hydrogen-bond acceptors (Lipinski definition) is 6. The highest BCUT2D eigenvalue weighted by molar-refractivity contribution is 5.80. The van der Waals surface area contributed by atoms with Crippen LogP contribution < -0.4 is 5.73 Å². The van der Waals surface area contributed by atoms with Crippen LogP contribution in [0.3, 0.4) is 0 Å². The second-order valence-corrected chi connectivity index (χ2v) is 4.82. The van der Waals surface area contributed by atoms with Crippen molar-refractivity contribution in [3.05, 3.63) is 44.0 Å². The van der Waals surface area contributed by atoms with Crippen LogP contribution >= 0.6 is 0 Å². The molecule has 0 bridgehead atoms. The normalized spacial score (nSPS) is 24.1. The molecule has 0 heterocycles. The van der Waals surface area contributed by atoms with Crippen LogP contribution in [-0.2, 0) is 11.2 Å². The van der Waals surface area contributed by atoms with Crippen LogP contribution in [0.4, 0.5) is 11.4 Å². The molecular weight excluding hydrogens is 270 g/mol. The third kappa shape index (κ3) is 2.30. The van der Waals surface area contributed by atoms with Crippen LogP contribution in [0.15, 0.2) is 18.2 Å². The van der Waals surface area contributed by atoms with Crippen molar-refractivity contribution in [3.8, 4) is 0 Å². The summed E-state index contributed by atoms with van der Waals surface area (Å²) in [5.74, 6) is -1.10. The highest BCUT2D eigenvalue weighted by atomic mass is 16.6. The van der Waals surface area contributed by atoms with Crippen LogP contribution in [-0.4, -0.2) is 27.0 Å². The third-order valence-electron chi connectivity index (χ3n) is 3.46. The van der Waals surface area contributed by atoms with Gasteiger partial charge in [-0.15, -0.1) is 0 Å². The summed E-state index contributed by atoms with van der Waals surface area (Å²) < 4.78 is 0. The van der Waals surface area contributed by atoms with Crippen LogP contribution in [0.5, 0.6) is 0 Å². The molecule has 1 aliphatic rings. The summed E-state index contributed by atoms with van der Waals surface area (Å²) in [4.78, 5) is 31.2. The highest BCUT2D eigenvalue weighted by Gasteiger charge is 2.58. The molecule has 9 heteroatoms. The minimum Gasteiger partial charge on any atom is -0.481 e. The second-order valence-electron chi connectivity index (χ2n) is 4.82. The van der Waals surface area contributed by atoms with Crippen molar-refractivity contribution >= 4 is 17.3 Å². The first-order valence-electron chi connectivity index (χ1n) is 5.68. The average molecular weight is 281 g/mol. The van der Waals surface area contributed by atoms with Gasteiger partial charge in [0.2, 0.25) is 0 Å². The van der Waals surface area contributed by atoms with E-state index >= 15 is 0 Å². The SMILES string of the molecule is NC1CC1(Cc1cc([N+](=O)[O-])cc([N+](=O)[O-])c1)C(=O)O. The molecule has 20 heavy (non-hydrogen) atoms. The predicted octanol–water partition coefficient (Wildman–Crippen LogP) is 0.847. The van der Waals surface area contributed by atoms with Crippen molar-refractivity contribution in [1.29, 1.82) is 0 Å². The van der Waals surface area contributed by atoms with E-state index in [-0.39, 0.29) is 18.4 Å². The summed E-state index contributed by atoms with van der Waals surface area (Å²) in [6, 6.07) is 2.58. The minimum absolute atomic E-state index is 0.0635. The van der Waals surface area contributed by atoms with E-state index in [0.717, 1.165) is 18.2 Å². The van der Waals surface area contributed by atoms with Crippen molar-refractivity contribution in [3.63, 3.8) is 0 Å². The molecule has 2 unspecified atom stereocenters. The molecule has 0 amide bonds. The molecule has 9 nitrogen and oxygen atoms in total. The number of nitrogens with two attached hydrogens (primary N) is 1. The maximum Gasteiger partial charge on any atom is 0.311 e. The monoisotopic (exact) mass is 281 g/mol. The van der Waals surface area contributed by atoms with E-state index in [4.69, 9.17) is 10.8 Å². The molecule has 1 aliphatic carbocycles. The molecule has 1 saturated carbocycles. The summed E-state index contributed by atoms with van der Waals surface area (Å²) in [5.41, 5.74) is 3.76. The number of hydrogen-bond donors (Lipinski definition) is 2. The smallest absolute Gasteiger partial charge is 0.311 e. The van der Waals surface area contributed by atoms with Crippen LogP contribution in [0.25, 0.3) is 0 Å². The predicted molar refractivity (Wildman–Crippen MR) is 66.1 cm³/mol. The average Bonchev–Trinajstić information content (AvgIpc) is 3.00. The number of carboxylic acid groups (broad SMARTS) is 1. The molecule has 1 aromatic rings. The van der Waals surface area contributed by atoms with Gasteiger partial charge >= 0.3 is 5.97 Å². The van der Waals surface area contributed by atoms with Gasteiger partial charge in [-0.3, -0.25) is 25.0 Å². The van der Waals surface area contributed by atoms with Gasteiger partial charge < -0.3 is 10.8 Å². The van der Waals surface area contributed by atoms with E-state index in [0.29, 0.717) is 0 Å². The lowest BCUT2D eigenvalue weighted by molar-refractivity contribution is -0.394. The van der Waals surface area contributed by atoms with Crippen LogP contribution in [0.2, 0.25) is 0 Å². The first-order valence-corrected chi connectivity index (χ1v) is 5.68. The van der Waals surface area contributed by atoms with Gasteiger partial charge in [-0.1, -0.05) is 0 Å². The van der Waals surface area contributed by atoms with Crippen molar-refractivity contribution < 1.29 is 19.7 Å². The summed E-state index contributed by atoms with van der Waals surface area (Å²) >= 11 is 0. The number of non-ortho nitro benzene ring substituents is 2. The summed E-state index contributed by atoms with van der Waals surface area (Å²) in [6.45, 7) is 0. The molecule has 0 spiro atoms. The maximum atomic E-state index is 11.2. The molecule has 0 aromatic heterocycles. The number of nitro benzene ring substituents is 2. The Kier molecular flexibility index (Phi) is 3.14. The van der Waals surface area contributed by atoms with Gasteiger partial charge in [-0.05, 0) is 18.4 Å². The maximum absolute atomic E-state index is 11.2. The number of nitro groups is 2. The second kappa shape index (κ2) is 4.53. The lowest BCUT2D eigenvalue weighted by Gasteiger charge is -2.10. The molecule has 2 rings (SSSR count). The Morgan fingerprint density at radius 3 is 2.05 bits per heavy atom. The number of benzene rings is 1. The fourth-order valence-corrected chi connectivity index (χ4v) is 2.19.